The van der Waals surface area contributed by atoms with Gasteiger partial charge in [0.15, 0.2) is 0 Å². The van der Waals surface area contributed by atoms with Crippen LogP contribution in [0.25, 0.3) is 11.1 Å². The number of benzene rings is 1. The van der Waals surface area contributed by atoms with E-state index in [0.717, 1.165) is 5.56 Å². The van der Waals surface area contributed by atoms with Crippen LogP contribution in [0.5, 0.6) is 0 Å². The Bertz CT molecular complexity index is 438. The second-order valence-electron chi connectivity index (χ2n) is 4.94. The number of hydrogen-bond acceptors (Lipinski definition) is 1. The van der Waals surface area contributed by atoms with E-state index < -0.39 is 21.1 Å². The van der Waals surface area contributed by atoms with Gasteiger partial charge in [-0.15, -0.1) is 0 Å². The third-order valence-corrected chi connectivity index (χ3v) is 6.15. The van der Waals surface area contributed by atoms with Crippen LogP contribution in [0, 0.1) is 0 Å². The molecule has 1 N–H and O–H groups in total. The molecule has 0 unspecified atom stereocenters. The van der Waals surface area contributed by atoms with Crippen molar-refractivity contribution >= 4 is 24.7 Å². The Hall–Kier alpha value is -0.771. The maximum absolute atomic E-state index is 3.97. The zero-order chi connectivity index (χ0) is 11.6. The SMILES string of the molecule is C[C](C)(C)[Sn][c]1ccc(-c2cn[nH]c2)cc1. The van der Waals surface area contributed by atoms with Crippen LogP contribution in [0.3, 0.4) is 0 Å². The molecule has 0 spiro atoms. The molecule has 2 nitrogen and oxygen atoms in total. The van der Waals surface area contributed by atoms with Crippen molar-refractivity contribution in [1.29, 1.82) is 0 Å². The number of hydrogen-bond donors (Lipinski definition) is 1. The number of rotatable bonds is 2. The minimum atomic E-state index is -0.468. The van der Waals surface area contributed by atoms with Crippen molar-refractivity contribution in [2.24, 2.45) is 0 Å². The zero-order valence-corrected chi connectivity index (χ0v) is 12.8. The molecule has 2 radical (unpaired) electrons. The van der Waals surface area contributed by atoms with Gasteiger partial charge < -0.3 is 0 Å². The Morgan fingerprint density at radius 1 is 1.06 bits per heavy atom. The van der Waals surface area contributed by atoms with Gasteiger partial charge in [-0.1, -0.05) is 0 Å². The zero-order valence-electron chi connectivity index (χ0n) is 9.91. The summed E-state index contributed by atoms with van der Waals surface area (Å²) in [6.45, 7) is 7.01. The number of nitrogens with one attached hydrogen (secondary N) is 1. The van der Waals surface area contributed by atoms with Gasteiger partial charge in [0.1, 0.15) is 0 Å². The molecule has 0 amide bonds. The summed E-state index contributed by atoms with van der Waals surface area (Å²) in [6, 6.07) is 8.96. The van der Waals surface area contributed by atoms with Gasteiger partial charge in [0.25, 0.3) is 0 Å². The van der Waals surface area contributed by atoms with Gasteiger partial charge in [0.2, 0.25) is 0 Å². The Kier molecular flexibility index (Phi) is 3.38. The van der Waals surface area contributed by atoms with Gasteiger partial charge in [-0.2, -0.15) is 0 Å². The van der Waals surface area contributed by atoms with Crippen molar-refractivity contribution < 1.29 is 0 Å². The normalized spacial score (nSPS) is 11.7. The second kappa shape index (κ2) is 4.61. The van der Waals surface area contributed by atoms with Gasteiger partial charge in [0, 0.05) is 0 Å². The van der Waals surface area contributed by atoms with Crippen LogP contribution in [0.4, 0.5) is 0 Å². The van der Waals surface area contributed by atoms with Crippen LogP contribution in [0.1, 0.15) is 20.8 Å². The molecule has 0 bridgehead atoms. The van der Waals surface area contributed by atoms with Crippen molar-refractivity contribution in [1.82, 2.24) is 10.2 Å². The molecule has 3 heteroatoms. The van der Waals surface area contributed by atoms with Crippen LogP contribution in [-0.2, 0) is 0 Å². The molecule has 1 aromatic heterocycles. The number of aromatic nitrogens is 2. The van der Waals surface area contributed by atoms with Crippen LogP contribution in [0.2, 0.25) is 3.43 Å². The van der Waals surface area contributed by atoms with Gasteiger partial charge in [0.05, 0.1) is 0 Å². The van der Waals surface area contributed by atoms with E-state index in [0.29, 0.717) is 3.43 Å². The summed E-state index contributed by atoms with van der Waals surface area (Å²) >= 11 is -0.468. The summed E-state index contributed by atoms with van der Waals surface area (Å²) in [7, 11) is 0. The summed E-state index contributed by atoms with van der Waals surface area (Å²) < 4.78 is 2.07. The first-order valence-corrected chi connectivity index (χ1v) is 8.27. The average Bonchev–Trinajstić information content (AvgIpc) is 2.69. The summed E-state index contributed by atoms with van der Waals surface area (Å²) in [4.78, 5) is 0. The van der Waals surface area contributed by atoms with Gasteiger partial charge in [-0.3, -0.25) is 0 Å². The number of H-pyrrole nitrogens is 1. The van der Waals surface area contributed by atoms with Crippen LogP contribution >= 0.6 is 0 Å². The van der Waals surface area contributed by atoms with E-state index in [1.165, 1.54) is 5.56 Å². The Balaban J connectivity index is 2.17. The van der Waals surface area contributed by atoms with E-state index >= 15 is 0 Å². The van der Waals surface area contributed by atoms with Crippen molar-refractivity contribution in [3.8, 4) is 11.1 Å². The molecular weight excluding hydrogens is 303 g/mol. The average molecular weight is 319 g/mol. The van der Waals surface area contributed by atoms with Crippen molar-refractivity contribution in [2.45, 2.75) is 24.2 Å². The predicted octanol–water partition coefficient (Wildman–Crippen LogP) is 2.62. The Morgan fingerprint density at radius 3 is 2.25 bits per heavy atom. The van der Waals surface area contributed by atoms with E-state index in [1.54, 1.807) is 3.58 Å². The van der Waals surface area contributed by atoms with Gasteiger partial charge >= 0.3 is 107 Å². The van der Waals surface area contributed by atoms with Crippen molar-refractivity contribution in [2.75, 3.05) is 0 Å². The Morgan fingerprint density at radius 2 is 1.75 bits per heavy atom. The third-order valence-electron chi connectivity index (χ3n) is 2.24. The second-order valence-corrected chi connectivity index (χ2v) is 11.6. The topological polar surface area (TPSA) is 28.7 Å². The monoisotopic (exact) mass is 320 g/mol. The summed E-state index contributed by atoms with van der Waals surface area (Å²) in [6.07, 6.45) is 3.79. The molecule has 0 fully saturated rings. The summed E-state index contributed by atoms with van der Waals surface area (Å²) in [5, 5.41) is 6.81. The van der Waals surface area contributed by atoms with E-state index in [4.69, 9.17) is 0 Å². The van der Waals surface area contributed by atoms with Crippen LogP contribution < -0.4 is 3.58 Å². The number of nitrogens with zero attached hydrogens (tertiary/aromatic N) is 1. The molecule has 82 valence electrons. The molecule has 2 aromatic rings. The fourth-order valence-corrected chi connectivity index (χ4v) is 5.01. The van der Waals surface area contributed by atoms with Crippen molar-refractivity contribution in [3.05, 3.63) is 36.7 Å². The third kappa shape index (κ3) is 3.11. The molecule has 0 saturated heterocycles. The molecule has 1 aromatic carbocycles. The molecule has 1 heterocycles. The first-order chi connectivity index (χ1) is 7.54. The molecule has 0 aliphatic rings. The predicted molar refractivity (Wildman–Crippen MR) is 69.1 cm³/mol. The fourth-order valence-electron chi connectivity index (χ4n) is 1.59. The summed E-state index contributed by atoms with van der Waals surface area (Å²) in [5.41, 5.74) is 2.40. The van der Waals surface area contributed by atoms with Gasteiger partial charge in [-0.25, -0.2) is 0 Å². The number of aromatic amines is 1. The first-order valence-electron chi connectivity index (χ1n) is 5.42. The van der Waals surface area contributed by atoms with E-state index in [-0.39, 0.29) is 0 Å². The quantitative estimate of drug-likeness (QED) is 0.847. The van der Waals surface area contributed by atoms with Crippen molar-refractivity contribution in [3.63, 3.8) is 0 Å². The Labute approximate surface area is 107 Å². The van der Waals surface area contributed by atoms with E-state index in [9.17, 15) is 0 Å². The standard InChI is InChI=1S/C9H7N2.C4H9.Sn/c1-2-4-8(5-3-1)9-6-10-11-7-9;1-4(2)3;/h2-7H,(H,10,11);1-3H3;. The van der Waals surface area contributed by atoms with E-state index in [2.05, 4.69) is 55.2 Å². The maximum atomic E-state index is 3.97. The first kappa shape index (κ1) is 11.7. The molecule has 2 rings (SSSR count). The molecule has 0 atom stereocenters. The molecule has 0 saturated carbocycles. The van der Waals surface area contributed by atoms with Gasteiger partial charge in [-0.05, 0) is 0 Å². The molecule has 16 heavy (non-hydrogen) atoms. The fraction of sp³-hybridized carbons (Fsp3) is 0.308. The molecular formula is C13H16N2Sn. The van der Waals surface area contributed by atoms with Crippen LogP contribution in [-0.4, -0.2) is 31.3 Å². The summed E-state index contributed by atoms with van der Waals surface area (Å²) in [5.74, 6) is 0. The molecule has 0 aliphatic carbocycles. The van der Waals surface area contributed by atoms with E-state index in [1.807, 2.05) is 12.4 Å². The van der Waals surface area contributed by atoms with Crippen LogP contribution in [0.15, 0.2) is 36.7 Å². The molecule has 0 aliphatic heterocycles. The minimum absolute atomic E-state index is 0.468.